The van der Waals surface area contributed by atoms with Gasteiger partial charge in [0.25, 0.3) is 0 Å². The first kappa shape index (κ1) is 26.4. The quantitative estimate of drug-likeness (QED) is 0.437. The molecule has 1 aromatic rings. The molecule has 0 unspecified atom stereocenters. The number of hydrogen-bond donors (Lipinski definition) is 4. The molecule has 0 heterocycles. The summed E-state index contributed by atoms with van der Waals surface area (Å²) < 4.78 is 10.4. The van der Waals surface area contributed by atoms with Gasteiger partial charge in [-0.05, 0) is 41.5 Å². The van der Waals surface area contributed by atoms with E-state index in [9.17, 15) is 19.5 Å². The van der Waals surface area contributed by atoms with E-state index in [1.807, 2.05) is 6.07 Å². The van der Waals surface area contributed by atoms with E-state index in [1.54, 1.807) is 65.8 Å². The maximum atomic E-state index is 12.3. The van der Waals surface area contributed by atoms with Crippen LogP contribution >= 0.6 is 0 Å². The fourth-order valence-corrected chi connectivity index (χ4v) is 2.42. The van der Waals surface area contributed by atoms with Crippen LogP contribution in [0, 0.1) is 0 Å². The van der Waals surface area contributed by atoms with Crippen LogP contribution in [0.25, 0.3) is 0 Å². The van der Waals surface area contributed by atoms with E-state index in [0.717, 1.165) is 0 Å². The molecule has 0 fully saturated rings. The molecule has 0 saturated carbocycles. The van der Waals surface area contributed by atoms with Crippen LogP contribution in [0.5, 0.6) is 0 Å². The van der Waals surface area contributed by atoms with E-state index >= 15 is 0 Å². The lowest BCUT2D eigenvalue weighted by atomic mass is 10.0. The molecule has 31 heavy (non-hydrogen) atoms. The molecule has 174 valence electrons. The number of ether oxygens (including phenoxy) is 2. The maximum Gasteiger partial charge on any atom is 0.407 e. The number of amides is 2. The lowest BCUT2D eigenvalue weighted by Crippen LogP contribution is -2.57. The lowest BCUT2D eigenvalue weighted by Gasteiger charge is -2.30. The number of Topliss-reactive ketones (excluding diaryl/α,β-unsaturated/α-hetero) is 1. The highest BCUT2D eigenvalue weighted by atomic mass is 16.6. The summed E-state index contributed by atoms with van der Waals surface area (Å²) in [5.74, 6) is -0.150. The number of carbonyl (C=O) groups excluding carboxylic acids is 3. The fraction of sp³-hybridized carbons (Fsp3) is 0.591. The summed E-state index contributed by atoms with van der Waals surface area (Å²) in [6, 6.07) is 8.74. The number of rotatable bonds is 9. The van der Waals surface area contributed by atoms with E-state index in [4.69, 9.17) is 9.47 Å². The molecule has 0 atom stereocenters. The summed E-state index contributed by atoms with van der Waals surface area (Å²) in [7, 11) is 0. The molecule has 0 radical (unpaired) electrons. The van der Waals surface area contributed by atoms with Crippen LogP contribution in [-0.2, 0) is 9.47 Å². The van der Waals surface area contributed by atoms with Crippen LogP contribution in [-0.4, -0.2) is 66.1 Å². The fourth-order valence-electron chi connectivity index (χ4n) is 2.42. The number of alkyl carbamates (subject to hydrolysis) is 2. The first-order chi connectivity index (χ1) is 14.2. The summed E-state index contributed by atoms with van der Waals surface area (Å²) in [6.07, 6.45) is -1.41. The Bertz CT molecular complexity index is 706. The molecule has 0 saturated heterocycles. The average Bonchev–Trinajstić information content (AvgIpc) is 2.63. The molecule has 0 bridgehead atoms. The smallest absolute Gasteiger partial charge is 0.407 e. The Morgan fingerprint density at radius 3 is 1.68 bits per heavy atom. The van der Waals surface area contributed by atoms with Gasteiger partial charge in [-0.2, -0.15) is 0 Å². The molecule has 1 aromatic carbocycles. The minimum Gasteiger partial charge on any atom is -0.444 e. The molecule has 1 rings (SSSR count). The zero-order valence-electron chi connectivity index (χ0n) is 19.2. The van der Waals surface area contributed by atoms with Crippen molar-refractivity contribution in [2.75, 3.05) is 26.2 Å². The van der Waals surface area contributed by atoms with Gasteiger partial charge in [-0.25, -0.2) is 9.59 Å². The van der Waals surface area contributed by atoms with Crippen LogP contribution in [0.3, 0.4) is 0 Å². The Labute approximate surface area is 183 Å². The van der Waals surface area contributed by atoms with Crippen molar-refractivity contribution in [3.05, 3.63) is 35.9 Å². The topological polar surface area (TPSA) is 126 Å². The van der Waals surface area contributed by atoms with Gasteiger partial charge >= 0.3 is 12.2 Å². The molecular weight excluding hydrogens is 402 g/mol. The van der Waals surface area contributed by atoms with E-state index < -0.39 is 29.0 Å². The van der Waals surface area contributed by atoms with Gasteiger partial charge in [0.05, 0.1) is 19.6 Å². The average molecular weight is 438 g/mol. The lowest BCUT2D eigenvalue weighted by molar-refractivity contribution is 0.0173. The summed E-state index contributed by atoms with van der Waals surface area (Å²) in [4.78, 5) is 36.2. The van der Waals surface area contributed by atoms with Crippen LogP contribution in [0.4, 0.5) is 9.59 Å². The summed E-state index contributed by atoms with van der Waals surface area (Å²) in [5.41, 5.74) is -2.45. The standard InChI is InChI=1S/C22H35N3O6/c1-20(2,3)30-18(27)24-14-22(29,15-25-19(28)31-21(4,5)6)13-23-12-17(26)16-10-8-7-9-11-16/h7-11,23,29H,12-15H2,1-6H3,(H,24,27)(H,25,28). The van der Waals surface area contributed by atoms with Gasteiger partial charge in [0.15, 0.2) is 5.78 Å². The van der Waals surface area contributed by atoms with Crippen LogP contribution < -0.4 is 16.0 Å². The summed E-state index contributed by atoms with van der Waals surface area (Å²) in [6.45, 7) is 9.80. The van der Waals surface area contributed by atoms with Gasteiger partial charge in [0.2, 0.25) is 0 Å². The number of ketones is 1. The van der Waals surface area contributed by atoms with Crippen LogP contribution in [0.2, 0.25) is 0 Å². The van der Waals surface area contributed by atoms with Gasteiger partial charge < -0.3 is 30.5 Å². The first-order valence-corrected chi connectivity index (χ1v) is 10.1. The van der Waals surface area contributed by atoms with Gasteiger partial charge in [0, 0.05) is 12.1 Å². The third-order valence-corrected chi connectivity index (χ3v) is 3.76. The normalized spacial score (nSPS) is 12.1. The van der Waals surface area contributed by atoms with Crippen molar-refractivity contribution in [1.29, 1.82) is 0 Å². The monoisotopic (exact) mass is 437 g/mol. The Kier molecular flexibility index (Phi) is 9.45. The van der Waals surface area contributed by atoms with E-state index in [2.05, 4.69) is 16.0 Å². The van der Waals surface area contributed by atoms with Crippen molar-refractivity contribution in [3.63, 3.8) is 0 Å². The highest BCUT2D eigenvalue weighted by molar-refractivity contribution is 5.97. The van der Waals surface area contributed by atoms with Crippen molar-refractivity contribution in [2.45, 2.75) is 58.3 Å². The number of hydrogen-bond acceptors (Lipinski definition) is 7. The first-order valence-electron chi connectivity index (χ1n) is 10.1. The summed E-state index contributed by atoms with van der Waals surface area (Å²) in [5, 5.41) is 18.8. The number of nitrogens with one attached hydrogen (secondary N) is 3. The van der Waals surface area contributed by atoms with Gasteiger partial charge in [0.1, 0.15) is 16.8 Å². The second-order valence-corrected chi connectivity index (χ2v) is 9.33. The minimum atomic E-state index is -1.59. The van der Waals surface area contributed by atoms with Gasteiger partial charge in [-0.3, -0.25) is 4.79 Å². The predicted molar refractivity (Wildman–Crippen MR) is 117 cm³/mol. The Morgan fingerprint density at radius 1 is 0.806 bits per heavy atom. The largest absolute Gasteiger partial charge is 0.444 e. The molecule has 4 N–H and O–H groups in total. The zero-order chi connectivity index (χ0) is 23.7. The van der Waals surface area contributed by atoms with Crippen molar-refractivity contribution in [1.82, 2.24) is 16.0 Å². The molecule has 0 aliphatic rings. The third kappa shape index (κ3) is 12.0. The molecule has 2 amide bonds. The van der Waals surface area contributed by atoms with Crippen molar-refractivity contribution in [3.8, 4) is 0 Å². The van der Waals surface area contributed by atoms with E-state index in [1.165, 1.54) is 0 Å². The van der Waals surface area contributed by atoms with E-state index in [0.29, 0.717) is 5.56 Å². The number of aliphatic hydroxyl groups is 1. The molecule has 9 nitrogen and oxygen atoms in total. The number of carbonyl (C=O) groups is 3. The maximum absolute atomic E-state index is 12.3. The Hall–Kier alpha value is -2.65. The zero-order valence-corrected chi connectivity index (χ0v) is 19.2. The highest BCUT2D eigenvalue weighted by Crippen LogP contribution is 2.09. The van der Waals surface area contributed by atoms with E-state index in [-0.39, 0.29) is 32.0 Å². The Morgan fingerprint density at radius 2 is 1.26 bits per heavy atom. The number of benzene rings is 1. The molecule has 0 spiro atoms. The van der Waals surface area contributed by atoms with Gasteiger partial charge in [-0.15, -0.1) is 0 Å². The van der Waals surface area contributed by atoms with Crippen LogP contribution in [0.15, 0.2) is 30.3 Å². The highest BCUT2D eigenvalue weighted by Gasteiger charge is 2.30. The predicted octanol–water partition coefficient (Wildman–Crippen LogP) is 2.24. The third-order valence-electron chi connectivity index (χ3n) is 3.76. The second-order valence-electron chi connectivity index (χ2n) is 9.33. The Balaban J connectivity index is 2.70. The molecule has 0 aromatic heterocycles. The van der Waals surface area contributed by atoms with Crippen molar-refractivity contribution < 1.29 is 29.0 Å². The van der Waals surface area contributed by atoms with Crippen molar-refractivity contribution in [2.24, 2.45) is 0 Å². The molecular formula is C22H35N3O6. The SMILES string of the molecule is CC(C)(C)OC(=O)NCC(O)(CNCC(=O)c1ccccc1)CNC(=O)OC(C)(C)C. The summed E-state index contributed by atoms with van der Waals surface area (Å²) >= 11 is 0. The molecule has 0 aliphatic carbocycles. The van der Waals surface area contributed by atoms with Gasteiger partial charge in [-0.1, -0.05) is 30.3 Å². The van der Waals surface area contributed by atoms with Crippen LogP contribution in [0.1, 0.15) is 51.9 Å². The minimum absolute atomic E-state index is 0.0226. The second kappa shape index (κ2) is 11.1. The van der Waals surface area contributed by atoms with Crippen molar-refractivity contribution >= 4 is 18.0 Å². The molecule has 0 aliphatic heterocycles. The molecule has 9 heteroatoms.